The second kappa shape index (κ2) is 14.4. The fourth-order valence-electron chi connectivity index (χ4n) is 2.90. The van der Waals surface area contributed by atoms with Gasteiger partial charge in [-0.05, 0) is 37.8 Å². The molecule has 0 saturated heterocycles. The van der Waals surface area contributed by atoms with Crippen LogP contribution >= 0.6 is 24.0 Å². The third kappa shape index (κ3) is 9.20. The van der Waals surface area contributed by atoms with Gasteiger partial charge in [-0.2, -0.15) is 0 Å². The van der Waals surface area contributed by atoms with Gasteiger partial charge in [-0.3, -0.25) is 9.79 Å². The fraction of sp³-hybridized carbons (Fsp3) is 0.619. The van der Waals surface area contributed by atoms with E-state index in [4.69, 9.17) is 9.47 Å². The Labute approximate surface area is 191 Å². The van der Waals surface area contributed by atoms with Crippen molar-refractivity contribution in [1.29, 1.82) is 0 Å². The van der Waals surface area contributed by atoms with Gasteiger partial charge in [0.05, 0.1) is 6.61 Å². The van der Waals surface area contributed by atoms with Crippen LogP contribution in [0.2, 0.25) is 0 Å². The van der Waals surface area contributed by atoms with Crippen molar-refractivity contribution in [3.05, 3.63) is 29.3 Å². The Morgan fingerprint density at radius 1 is 1.17 bits per heavy atom. The number of carbonyl (C=O) groups is 1. The van der Waals surface area contributed by atoms with E-state index >= 15 is 0 Å². The SMILES string of the molecule is CN=C(NCCCNC(=O)C1CCC1)NCc1ccc(C)cc1OCCOC.I. The minimum absolute atomic E-state index is 0. The largest absolute Gasteiger partial charge is 0.491 e. The van der Waals surface area contributed by atoms with Crippen LogP contribution in [0.4, 0.5) is 0 Å². The molecule has 1 aromatic carbocycles. The lowest BCUT2D eigenvalue weighted by atomic mass is 9.85. The molecule has 0 spiro atoms. The zero-order chi connectivity index (χ0) is 20.2. The molecule has 0 aliphatic heterocycles. The molecule has 1 saturated carbocycles. The number of hydrogen-bond acceptors (Lipinski definition) is 4. The van der Waals surface area contributed by atoms with E-state index in [0.717, 1.165) is 48.6 Å². The normalized spacial score (nSPS) is 13.8. The number of hydrogen-bond donors (Lipinski definition) is 3. The number of carbonyl (C=O) groups excluding carboxylic acids is 1. The Morgan fingerprint density at radius 2 is 1.93 bits per heavy atom. The minimum atomic E-state index is 0. The summed E-state index contributed by atoms with van der Waals surface area (Å²) in [7, 11) is 3.41. The number of methoxy groups -OCH3 is 1. The molecule has 1 aliphatic rings. The van der Waals surface area contributed by atoms with Crippen molar-refractivity contribution >= 4 is 35.8 Å². The first kappa shape index (κ1) is 25.5. The van der Waals surface area contributed by atoms with Crippen LogP contribution in [0.1, 0.15) is 36.8 Å². The summed E-state index contributed by atoms with van der Waals surface area (Å²) < 4.78 is 10.9. The molecule has 1 aliphatic carbocycles. The van der Waals surface area contributed by atoms with Gasteiger partial charge in [0.25, 0.3) is 0 Å². The number of halogens is 1. The summed E-state index contributed by atoms with van der Waals surface area (Å²) in [6.07, 6.45) is 4.12. The fourth-order valence-corrected chi connectivity index (χ4v) is 2.90. The summed E-state index contributed by atoms with van der Waals surface area (Å²) in [5.41, 5.74) is 2.22. The highest BCUT2D eigenvalue weighted by molar-refractivity contribution is 14.0. The molecule has 0 bridgehead atoms. The van der Waals surface area contributed by atoms with Crippen LogP contribution in [-0.2, 0) is 16.1 Å². The maximum atomic E-state index is 11.8. The number of rotatable bonds is 11. The van der Waals surface area contributed by atoms with E-state index in [9.17, 15) is 4.79 Å². The van der Waals surface area contributed by atoms with E-state index in [-0.39, 0.29) is 35.8 Å². The molecule has 164 valence electrons. The van der Waals surface area contributed by atoms with Crippen molar-refractivity contribution in [2.24, 2.45) is 10.9 Å². The lowest BCUT2D eigenvalue weighted by molar-refractivity contribution is -0.127. The highest BCUT2D eigenvalue weighted by Gasteiger charge is 2.24. The Balaban J connectivity index is 0.00000420. The topological polar surface area (TPSA) is 84.0 Å². The lowest BCUT2D eigenvalue weighted by Crippen LogP contribution is -2.39. The molecular formula is C21H35IN4O3. The Kier molecular flexibility index (Phi) is 12.7. The number of ether oxygens (including phenoxy) is 2. The first-order valence-corrected chi connectivity index (χ1v) is 10.1. The molecule has 3 N–H and O–H groups in total. The first-order chi connectivity index (χ1) is 13.6. The minimum Gasteiger partial charge on any atom is -0.491 e. The number of benzene rings is 1. The van der Waals surface area contributed by atoms with E-state index < -0.39 is 0 Å². The van der Waals surface area contributed by atoms with E-state index in [0.29, 0.717) is 26.3 Å². The quantitative estimate of drug-likeness (QED) is 0.182. The zero-order valence-electron chi connectivity index (χ0n) is 17.8. The van der Waals surface area contributed by atoms with E-state index in [1.165, 1.54) is 6.42 Å². The van der Waals surface area contributed by atoms with Gasteiger partial charge >= 0.3 is 0 Å². The molecule has 0 unspecified atom stereocenters. The Hall–Kier alpha value is -1.55. The van der Waals surface area contributed by atoms with Gasteiger partial charge < -0.3 is 25.4 Å². The molecule has 0 radical (unpaired) electrons. The van der Waals surface area contributed by atoms with Crippen LogP contribution in [0.25, 0.3) is 0 Å². The maximum absolute atomic E-state index is 11.8. The van der Waals surface area contributed by atoms with Gasteiger partial charge in [-0.15, -0.1) is 24.0 Å². The van der Waals surface area contributed by atoms with E-state index in [1.807, 2.05) is 13.0 Å². The standard InChI is InChI=1S/C21H34N4O3.HI/c1-16-8-9-18(19(14-16)28-13-12-27-3)15-25-21(22-2)24-11-5-10-23-20(26)17-6-4-7-17;/h8-9,14,17H,4-7,10-13,15H2,1-3H3,(H,23,26)(H2,22,24,25);1H. The van der Waals surface area contributed by atoms with Crippen LogP contribution in [0, 0.1) is 12.8 Å². The second-order valence-corrected chi connectivity index (χ2v) is 7.08. The smallest absolute Gasteiger partial charge is 0.223 e. The van der Waals surface area contributed by atoms with Gasteiger partial charge in [-0.1, -0.05) is 18.6 Å². The zero-order valence-corrected chi connectivity index (χ0v) is 20.1. The van der Waals surface area contributed by atoms with Crippen molar-refractivity contribution in [2.45, 2.75) is 39.2 Å². The van der Waals surface area contributed by atoms with E-state index in [1.54, 1.807) is 14.2 Å². The lowest BCUT2D eigenvalue weighted by Gasteiger charge is -2.24. The van der Waals surface area contributed by atoms with Crippen LogP contribution in [0.15, 0.2) is 23.2 Å². The van der Waals surface area contributed by atoms with Crippen molar-refractivity contribution < 1.29 is 14.3 Å². The molecule has 7 nitrogen and oxygen atoms in total. The summed E-state index contributed by atoms with van der Waals surface area (Å²) in [6, 6.07) is 6.17. The second-order valence-electron chi connectivity index (χ2n) is 7.08. The van der Waals surface area contributed by atoms with Gasteiger partial charge in [0.1, 0.15) is 12.4 Å². The van der Waals surface area contributed by atoms with Crippen molar-refractivity contribution in [1.82, 2.24) is 16.0 Å². The summed E-state index contributed by atoms with van der Waals surface area (Å²) in [4.78, 5) is 16.1. The number of guanidine groups is 1. The molecule has 0 atom stereocenters. The molecular weight excluding hydrogens is 483 g/mol. The summed E-state index contributed by atoms with van der Waals surface area (Å²) >= 11 is 0. The van der Waals surface area contributed by atoms with Crippen LogP contribution in [0.5, 0.6) is 5.75 Å². The predicted molar refractivity (Wildman–Crippen MR) is 127 cm³/mol. The van der Waals surface area contributed by atoms with Gasteiger partial charge in [0.15, 0.2) is 5.96 Å². The van der Waals surface area contributed by atoms with Crippen molar-refractivity contribution in [2.75, 3.05) is 40.5 Å². The summed E-state index contributed by atoms with van der Waals surface area (Å²) in [5.74, 6) is 2.04. The van der Waals surface area contributed by atoms with Gasteiger partial charge in [-0.25, -0.2) is 0 Å². The number of amides is 1. The average molecular weight is 518 g/mol. The van der Waals surface area contributed by atoms with Crippen molar-refractivity contribution in [3.8, 4) is 5.75 Å². The van der Waals surface area contributed by atoms with Crippen LogP contribution in [0.3, 0.4) is 0 Å². The molecule has 29 heavy (non-hydrogen) atoms. The Morgan fingerprint density at radius 3 is 2.59 bits per heavy atom. The van der Waals surface area contributed by atoms with E-state index in [2.05, 4.69) is 33.1 Å². The molecule has 1 aromatic rings. The average Bonchev–Trinajstić information content (AvgIpc) is 2.64. The third-order valence-electron chi connectivity index (χ3n) is 4.86. The molecule has 0 heterocycles. The first-order valence-electron chi connectivity index (χ1n) is 10.1. The highest BCUT2D eigenvalue weighted by Crippen LogP contribution is 2.26. The summed E-state index contributed by atoms with van der Waals surface area (Å²) in [6.45, 7) is 5.17. The van der Waals surface area contributed by atoms with Gasteiger partial charge in [0.2, 0.25) is 5.91 Å². The molecule has 8 heteroatoms. The van der Waals surface area contributed by atoms with Crippen LogP contribution < -0.4 is 20.7 Å². The highest BCUT2D eigenvalue weighted by atomic mass is 127. The number of nitrogens with one attached hydrogen (secondary N) is 3. The monoisotopic (exact) mass is 518 g/mol. The molecule has 2 rings (SSSR count). The van der Waals surface area contributed by atoms with Crippen molar-refractivity contribution in [3.63, 3.8) is 0 Å². The number of nitrogens with zero attached hydrogens (tertiary/aromatic N) is 1. The van der Waals surface area contributed by atoms with Gasteiger partial charge in [0, 0.05) is 45.3 Å². The molecule has 1 amide bonds. The molecule has 1 fully saturated rings. The molecule has 0 aromatic heterocycles. The summed E-state index contributed by atoms with van der Waals surface area (Å²) in [5, 5.41) is 9.60. The number of aliphatic imine (C=N–C) groups is 1. The predicted octanol–water partition coefficient (Wildman–Crippen LogP) is 2.61. The van der Waals surface area contributed by atoms with Crippen LogP contribution in [-0.4, -0.2) is 52.3 Å². The Bertz CT molecular complexity index is 651. The maximum Gasteiger partial charge on any atom is 0.223 e. The number of aryl methyl sites for hydroxylation is 1. The third-order valence-corrected chi connectivity index (χ3v) is 4.86.